The Morgan fingerprint density at radius 2 is 2.17 bits per heavy atom. The molecule has 0 unspecified atom stereocenters. The van der Waals surface area contributed by atoms with E-state index in [2.05, 4.69) is 27.5 Å². The number of aryl methyl sites for hydroxylation is 1. The Morgan fingerprint density at radius 1 is 1.33 bits per heavy atom. The first kappa shape index (κ1) is 19.0. The second kappa shape index (κ2) is 6.80. The number of hydrogen-bond donors (Lipinski definition) is 1. The second-order valence-electron chi connectivity index (χ2n) is 8.09. The summed E-state index contributed by atoms with van der Waals surface area (Å²) in [6.07, 6.45) is 3.84. The third-order valence-electron chi connectivity index (χ3n) is 5.93. The fourth-order valence-corrected chi connectivity index (χ4v) is 5.03. The number of aromatic nitrogens is 4. The maximum Gasteiger partial charge on any atom is 0.323 e. The van der Waals surface area contributed by atoms with E-state index in [1.165, 1.54) is 12.3 Å². The van der Waals surface area contributed by atoms with Crippen LogP contribution in [0.3, 0.4) is 0 Å². The van der Waals surface area contributed by atoms with Crippen LogP contribution in [0, 0.1) is 18.8 Å². The number of fused-ring (bicyclic) bond motifs is 2. The van der Waals surface area contributed by atoms with Crippen molar-refractivity contribution in [2.24, 2.45) is 5.92 Å². The molecule has 2 aliphatic rings. The van der Waals surface area contributed by atoms with Gasteiger partial charge < -0.3 is 14.6 Å². The molecule has 10 heteroatoms. The van der Waals surface area contributed by atoms with Crippen molar-refractivity contribution in [2.75, 3.05) is 5.32 Å². The first-order valence-electron chi connectivity index (χ1n) is 9.78. The number of urea groups is 1. The monoisotopic (exact) mass is 430 g/mol. The minimum absolute atomic E-state index is 0.108. The molecule has 2 aromatic heterocycles. The van der Waals surface area contributed by atoms with Gasteiger partial charge in [-0.15, -0.1) is 10.2 Å². The van der Waals surface area contributed by atoms with E-state index in [1.807, 2.05) is 4.90 Å². The van der Waals surface area contributed by atoms with Crippen molar-refractivity contribution in [3.05, 3.63) is 53.2 Å². The van der Waals surface area contributed by atoms with Crippen LogP contribution >= 0.6 is 11.6 Å². The van der Waals surface area contributed by atoms with Crippen molar-refractivity contribution in [1.82, 2.24) is 24.9 Å². The summed E-state index contributed by atoms with van der Waals surface area (Å²) in [4.78, 5) is 15.1. The van der Waals surface area contributed by atoms with Crippen molar-refractivity contribution in [3.8, 4) is 5.69 Å². The summed E-state index contributed by atoms with van der Waals surface area (Å²) in [5, 5.41) is 15.3. The molecule has 2 fully saturated rings. The Balaban J connectivity index is 1.44. The van der Waals surface area contributed by atoms with E-state index in [0.717, 1.165) is 23.9 Å². The van der Waals surface area contributed by atoms with E-state index in [4.69, 9.17) is 16.0 Å². The van der Waals surface area contributed by atoms with Crippen LogP contribution in [0.4, 0.5) is 14.9 Å². The van der Waals surface area contributed by atoms with Gasteiger partial charge in [-0.05, 0) is 37.0 Å². The molecule has 2 bridgehead atoms. The summed E-state index contributed by atoms with van der Waals surface area (Å²) in [5.41, 5.74) is 0.248. The zero-order chi connectivity index (χ0) is 21.0. The van der Waals surface area contributed by atoms with Crippen LogP contribution in [0.15, 0.2) is 34.9 Å². The lowest BCUT2D eigenvalue weighted by Gasteiger charge is -2.61. The Labute approximate surface area is 177 Å². The molecule has 1 saturated carbocycles. The van der Waals surface area contributed by atoms with Gasteiger partial charge in [-0.1, -0.05) is 18.5 Å². The number of nitrogens with one attached hydrogen (secondary N) is 1. The lowest BCUT2D eigenvalue weighted by atomic mass is 9.64. The fourth-order valence-electron chi connectivity index (χ4n) is 4.83. The molecular formula is C20H20ClFN6O2. The molecule has 1 N–H and O–H groups in total. The van der Waals surface area contributed by atoms with Gasteiger partial charge in [0, 0.05) is 31.1 Å². The molecular weight excluding hydrogens is 411 g/mol. The normalized spacial score (nSPS) is 25.1. The minimum atomic E-state index is -0.586. The number of rotatable bonds is 3. The molecule has 3 heterocycles. The number of anilines is 1. The molecule has 3 aromatic rings. The van der Waals surface area contributed by atoms with Gasteiger partial charge in [0.15, 0.2) is 0 Å². The number of hydrogen-bond acceptors (Lipinski definition) is 5. The molecule has 0 spiro atoms. The van der Waals surface area contributed by atoms with E-state index >= 15 is 0 Å². The fraction of sp³-hybridized carbons (Fsp3) is 0.400. The van der Waals surface area contributed by atoms with Gasteiger partial charge in [0.25, 0.3) is 0 Å². The third-order valence-corrected chi connectivity index (χ3v) is 6.24. The van der Waals surface area contributed by atoms with Crippen molar-refractivity contribution in [1.29, 1.82) is 0 Å². The molecule has 30 heavy (non-hydrogen) atoms. The summed E-state index contributed by atoms with van der Waals surface area (Å²) in [5.74, 6) is 0.862. The van der Waals surface area contributed by atoms with E-state index in [1.54, 1.807) is 25.1 Å². The number of carbonyl (C=O) groups is 1. The predicted molar refractivity (Wildman–Crippen MR) is 107 cm³/mol. The summed E-state index contributed by atoms with van der Waals surface area (Å²) >= 11 is 6.22. The van der Waals surface area contributed by atoms with Crippen molar-refractivity contribution in [3.63, 3.8) is 0 Å². The smallest absolute Gasteiger partial charge is 0.323 e. The lowest BCUT2D eigenvalue weighted by molar-refractivity contribution is -0.110. The van der Waals surface area contributed by atoms with Gasteiger partial charge in [-0.25, -0.2) is 9.48 Å². The summed E-state index contributed by atoms with van der Waals surface area (Å²) < 4.78 is 20.8. The molecule has 0 radical (unpaired) electrons. The molecule has 1 aliphatic carbocycles. The number of amides is 2. The van der Waals surface area contributed by atoms with E-state index in [9.17, 15) is 9.18 Å². The zero-order valence-electron chi connectivity index (χ0n) is 16.5. The summed E-state index contributed by atoms with van der Waals surface area (Å²) in [6.45, 7) is 3.91. The average Bonchev–Trinajstić information content (AvgIpc) is 3.31. The third kappa shape index (κ3) is 2.87. The van der Waals surface area contributed by atoms with Crippen LogP contribution < -0.4 is 5.32 Å². The van der Waals surface area contributed by atoms with Gasteiger partial charge in [-0.3, -0.25) is 0 Å². The molecule has 2 amide bonds. The Morgan fingerprint density at radius 3 is 2.87 bits per heavy atom. The molecule has 1 aliphatic heterocycles. The highest BCUT2D eigenvalue weighted by Gasteiger charge is 2.62. The zero-order valence-corrected chi connectivity index (χ0v) is 17.2. The van der Waals surface area contributed by atoms with Crippen molar-refractivity contribution < 1.29 is 13.6 Å². The van der Waals surface area contributed by atoms with Crippen LogP contribution in [0.1, 0.15) is 38.0 Å². The molecule has 3 atom stereocenters. The molecule has 5 rings (SSSR count). The highest BCUT2D eigenvalue weighted by Crippen LogP contribution is 2.55. The standard InChI is InChI=1S/C20H20ClFN6O2/c1-11-7-14-10-20(9-11,18-26-25-12(2)30-18)27(14)19(29)24-13-3-4-15(21)16(8-13)28-17(22)5-6-23-28/h3-6,8,11,14H,7,9-10H2,1-2H3,(H,24,29)/t11-,14-,20+/m1/s1. The van der Waals surface area contributed by atoms with Crippen LogP contribution in [0.2, 0.25) is 5.02 Å². The van der Waals surface area contributed by atoms with Crippen LogP contribution in [-0.2, 0) is 5.54 Å². The first-order valence-corrected chi connectivity index (χ1v) is 10.2. The SMILES string of the molecule is Cc1nnc([C@]23C[C@H](C)C[C@H](C2)N3C(=O)Nc2ccc(Cl)c(-n3nccc3F)c2)o1. The summed E-state index contributed by atoms with van der Waals surface area (Å²) in [7, 11) is 0. The average molecular weight is 431 g/mol. The van der Waals surface area contributed by atoms with E-state index < -0.39 is 11.5 Å². The molecule has 1 saturated heterocycles. The quantitative estimate of drug-likeness (QED) is 0.669. The van der Waals surface area contributed by atoms with E-state index in [0.29, 0.717) is 34.1 Å². The molecule has 8 nitrogen and oxygen atoms in total. The van der Waals surface area contributed by atoms with Crippen LogP contribution in [-0.4, -0.2) is 37.0 Å². The topological polar surface area (TPSA) is 89.1 Å². The van der Waals surface area contributed by atoms with Crippen LogP contribution in [0.25, 0.3) is 5.69 Å². The lowest BCUT2D eigenvalue weighted by Crippen LogP contribution is -2.70. The number of benzene rings is 1. The Kier molecular flexibility index (Phi) is 4.32. The highest BCUT2D eigenvalue weighted by atomic mass is 35.5. The minimum Gasteiger partial charge on any atom is -0.423 e. The Bertz CT molecular complexity index is 1130. The number of nitrogens with zero attached hydrogens (tertiary/aromatic N) is 5. The largest absolute Gasteiger partial charge is 0.423 e. The van der Waals surface area contributed by atoms with Crippen molar-refractivity contribution in [2.45, 2.75) is 44.7 Å². The predicted octanol–water partition coefficient (Wildman–Crippen LogP) is 4.29. The summed E-state index contributed by atoms with van der Waals surface area (Å²) in [6, 6.07) is 5.95. The number of halogens is 2. The Hall–Kier alpha value is -2.94. The van der Waals surface area contributed by atoms with Crippen LogP contribution in [0.5, 0.6) is 0 Å². The van der Waals surface area contributed by atoms with Gasteiger partial charge in [0.2, 0.25) is 17.7 Å². The molecule has 156 valence electrons. The second-order valence-corrected chi connectivity index (χ2v) is 8.50. The van der Waals surface area contributed by atoms with Gasteiger partial charge in [0.05, 0.1) is 16.9 Å². The van der Waals surface area contributed by atoms with Gasteiger partial charge in [0.1, 0.15) is 5.54 Å². The molecule has 1 aromatic carbocycles. The van der Waals surface area contributed by atoms with Gasteiger partial charge in [-0.2, -0.15) is 9.49 Å². The number of piperidine rings is 1. The van der Waals surface area contributed by atoms with E-state index in [-0.39, 0.29) is 12.1 Å². The maximum absolute atomic E-state index is 14.0. The van der Waals surface area contributed by atoms with Crippen molar-refractivity contribution >= 4 is 23.3 Å². The maximum atomic E-state index is 14.0. The first-order chi connectivity index (χ1) is 14.4. The highest BCUT2D eigenvalue weighted by molar-refractivity contribution is 6.32. The van der Waals surface area contributed by atoms with Gasteiger partial charge >= 0.3 is 6.03 Å². The number of carbonyl (C=O) groups excluding carboxylic acids is 1. The number of likely N-dealkylation sites (tertiary alicyclic amines) is 1.